The Bertz CT molecular complexity index is 874. The van der Waals surface area contributed by atoms with Crippen LogP contribution in [0.15, 0.2) is 45.6 Å². The minimum Gasteiger partial charge on any atom is -0.302 e. The summed E-state index contributed by atoms with van der Waals surface area (Å²) in [6.07, 6.45) is 1.71. The van der Waals surface area contributed by atoms with E-state index >= 15 is 0 Å². The number of hydrogen-bond donors (Lipinski definition) is 1. The van der Waals surface area contributed by atoms with Crippen LogP contribution in [-0.2, 0) is 14.6 Å². The van der Waals surface area contributed by atoms with E-state index in [1.807, 2.05) is 29.6 Å². The van der Waals surface area contributed by atoms with E-state index in [4.69, 9.17) is 0 Å². The van der Waals surface area contributed by atoms with Crippen LogP contribution in [0.4, 0.5) is 5.13 Å². The predicted molar refractivity (Wildman–Crippen MR) is 94.9 cm³/mol. The standard InChI is InChI=1S/C15H13BrN2O3S2/c16-12-3-1-2-11(7-12)13-8-22-15(17-13)18-14(19)6-10-4-5-23(20,21)9-10/h1-5,7-8,10H,6,9H2,(H,17,18,19). The lowest BCUT2D eigenvalue weighted by atomic mass is 10.1. The van der Waals surface area contributed by atoms with Crippen LogP contribution in [-0.4, -0.2) is 25.1 Å². The molecule has 0 spiro atoms. The van der Waals surface area contributed by atoms with Crippen LogP contribution in [0.1, 0.15) is 6.42 Å². The summed E-state index contributed by atoms with van der Waals surface area (Å²) in [7, 11) is -3.13. The van der Waals surface area contributed by atoms with Gasteiger partial charge in [0.1, 0.15) is 0 Å². The van der Waals surface area contributed by atoms with Gasteiger partial charge in [-0.15, -0.1) is 11.3 Å². The molecule has 23 heavy (non-hydrogen) atoms. The lowest BCUT2D eigenvalue weighted by molar-refractivity contribution is -0.116. The van der Waals surface area contributed by atoms with Crippen LogP contribution < -0.4 is 5.32 Å². The number of aromatic nitrogens is 1. The molecule has 2 heterocycles. The summed E-state index contributed by atoms with van der Waals surface area (Å²) in [6.45, 7) is 0. The number of nitrogens with one attached hydrogen (secondary N) is 1. The summed E-state index contributed by atoms with van der Waals surface area (Å²) >= 11 is 4.76. The first-order valence-electron chi connectivity index (χ1n) is 6.83. The third-order valence-corrected chi connectivity index (χ3v) is 6.04. The maximum absolute atomic E-state index is 12.0. The first kappa shape index (κ1) is 16.4. The highest BCUT2D eigenvalue weighted by Gasteiger charge is 2.24. The average molecular weight is 413 g/mol. The van der Waals surface area contributed by atoms with Gasteiger partial charge in [-0.05, 0) is 12.1 Å². The molecule has 1 atom stereocenters. The van der Waals surface area contributed by atoms with Crippen molar-refractivity contribution >= 4 is 48.1 Å². The highest BCUT2D eigenvalue weighted by Crippen LogP contribution is 2.27. The molecule has 0 fully saturated rings. The number of sulfone groups is 1. The molecule has 0 saturated carbocycles. The highest BCUT2D eigenvalue weighted by molar-refractivity contribution is 9.10. The fourth-order valence-corrected chi connectivity index (χ4v) is 4.82. The predicted octanol–water partition coefficient (Wildman–Crippen LogP) is 3.46. The minimum atomic E-state index is -3.13. The zero-order chi connectivity index (χ0) is 16.4. The molecule has 5 nitrogen and oxygen atoms in total. The Labute approximate surface area is 146 Å². The van der Waals surface area contributed by atoms with Crippen molar-refractivity contribution in [1.29, 1.82) is 0 Å². The Morgan fingerprint density at radius 3 is 2.96 bits per heavy atom. The SMILES string of the molecule is O=C(CC1C=CS(=O)(=O)C1)Nc1nc(-c2cccc(Br)c2)cs1. The van der Waals surface area contributed by atoms with E-state index in [2.05, 4.69) is 26.2 Å². The molecule has 1 amide bonds. The fourth-order valence-electron chi connectivity index (χ4n) is 2.29. The van der Waals surface area contributed by atoms with E-state index in [1.54, 1.807) is 6.08 Å². The van der Waals surface area contributed by atoms with Gasteiger partial charge in [-0.1, -0.05) is 34.1 Å². The van der Waals surface area contributed by atoms with Gasteiger partial charge >= 0.3 is 0 Å². The normalized spacial score (nSPS) is 18.9. The first-order chi connectivity index (χ1) is 10.9. The molecule has 0 bridgehead atoms. The molecule has 1 unspecified atom stereocenters. The Hall–Kier alpha value is -1.51. The van der Waals surface area contributed by atoms with Crippen LogP contribution in [0.3, 0.4) is 0 Å². The van der Waals surface area contributed by atoms with Gasteiger partial charge in [0.05, 0.1) is 11.4 Å². The number of thiazole rings is 1. The van der Waals surface area contributed by atoms with E-state index < -0.39 is 9.84 Å². The molecule has 2 aromatic rings. The number of hydrogen-bond acceptors (Lipinski definition) is 5. The number of halogens is 1. The number of benzene rings is 1. The lowest BCUT2D eigenvalue weighted by Crippen LogP contribution is -2.17. The summed E-state index contributed by atoms with van der Waals surface area (Å²) in [5, 5.41) is 6.29. The van der Waals surface area contributed by atoms with E-state index in [0.717, 1.165) is 15.7 Å². The van der Waals surface area contributed by atoms with Gasteiger partial charge in [0.2, 0.25) is 5.91 Å². The van der Waals surface area contributed by atoms with E-state index in [0.29, 0.717) is 5.13 Å². The average Bonchev–Trinajstić information content (AvgIpc) is 3.05. The molecule has 0 saturated heterocycles. The van der Waals surface area contributed by atoms with Crippen molar-refractivity contribution in [1.82, 2.24) is 4.98 Å². The number of nitrogens with zero attached hydrogens (tertiary/aromatic N) is 1. The monoisotopic (exact) mass is 412 g/mol. The van der Waals surface area contributed by atoms with Crippen molar-refractivity contribution in [2.45, 2.75) is 6.42 Å². The maximum atomic E-state index is 12.0. The zero-order valence-corrected chi connectivity index (χ0v) is 15.1. The van der Waals surface area contributed by atoms with Crippen LogP contribution in [0.25, 0.3) is 11.3 Å². The Morgan fingerprint density at radius 2 is 2.26 bits per heavy atom. The van der Waals surface area contributed by atoms with E-state index in [1.165, 1.54) is 16.7 Å². The second-order valence-corrected chi connectivity index (χ2v) is 8.92. The maximum Gasteiger partial charge on any atom is 0.226 e. The Kier molecular flexibility index (Phi) is 4.65. The summed E-state index contributed by atoms with van der Waals surface area (Å²) in [4.78, 5) is 16.4. The first-order valence-corrected chi connectivity index (χ1v) is 10.2. The molecule has 1 N–H and O–H groups in total. The molecular formula is C15H13BrN2O3S2. The fraction of sp³-hybridized carbons (Fsp3) is 0.200. The zero-order valence-electron chi connectivity index (χ0n) is 11.9. The number of rotatable bonds is 4. The van der Waals surface area contributed by atoms with Crippen molar-refractivity contribution in [2.75, 3.05) is 11.1 Å². The summed E-state index contributed by atoms with van der Waals surface area (Å²) in [5.74, 6) is -0.488. The number of amides is 1. The molecule has 8 heteroatoms. The lowest BCUT2D eigenvalue weighted by Gasteiger charge is -2.05. The number of allylic oxidation sites excluding steroid dienone is 1. The molecule has 1 aromatic heterocycles. The molecule has 0 aliphatic carbocycles. The van der Waals surface area contributed by atoms with Gasteiger partial charge in [-0.2, -0.15) is 0 Å². The van der Waals surface area contributed by atoms with Crippen molar-refractivity contribution in [3.8, 4) is 11.3 Å². The molecule has 0 radical (unpaired) electrons. The van der Waals surface area contributed by atoms with Gasteiger partial charge < -0.3 is 5.32 Å². The summed E-state index contributed by atoms with van der Waals surface area (Å²) < 4.78 is 23.6. The van der Waals surface area contributed by atoms with Gasteiger partial charge in [-0.3, -0.25) is 4.79 Å². The molecule has 1 aliphatic rings. The minimum absolute atomic E-state index is 0.00157. The molecule has 120 valence electrons. The van der Waals surface area contributed by atoms with Crippen molar-refractivity contribution in [2.24, 2.45) is 5.92 Å². The molecule has 1 aliphatic heterocycles. The van der Waals surface area contributed by atoms with Crippen molar-refractivity contribution < 1.29 is 13.2 Å². The van der Waals surface area contributed by atoms with Crippen LogP contribution in [0.5, 0.6) is 0 Å². The third kappa shape index (κ3) is 4.27. The second-order valence-electron chi connectivity index (χ2n) is 5.22. The van der Waals surface area contributed by atoms with Gasteiger partial charge in [0, 0.05) is 33.2 Å². The Morgan fingerprint density at radius 1 is 1.43 bits per heavy atom. The quantitative estimate of drug-likeness (QED) is 0.833. The van der Waals surface area contributed by atoms with Crippen LogP contribution in [0, 0.1) is 5.92 Å². The summed E-state index contributed by atoms with van der Waals surface area (Å²) in [6, 6.07) is 7.75. The smallest absolute Gasteiger partial charge is 0.226 e. The topological polar surface area (TPSA) is 76.1 Å². The van der Waals surface area contributed by atoms with E-state index in [9.17, 15) is 13.2 Å². The number of carbonyl (C=O) groups is 1. The highest BCUT2D eigenvalue weighted by atomic mass is 79.9. The van der Waals surface area contributed by atoms with Crippen LogP contribution in [0.2, 0.25) is 0 Å². The Balaban J connectivity index is 1.63. The van der Waals surface area contributed by atoms with Gasteiger partial charge in [0.15, 0.2) is 15.0 Å². The number of anilines is 1. The van der Waals surface area contributed by atoms with Crippen molar-refractivity contribution in [3.63, 3.8) is 0 Å². The van der Waals surface area contributed by atoms with Crippen LogP contribution >= 0.6 is 27.3 Å². The molecule has 1 aromatic carbocycles. The largest absolute Gasteiger partial charge is 0.302 e. The second kappa shape index (κ2) is 6.54. The van der Waals surface area contributed by atoms with Gasteiger partial charge in [-0.25, -0.2) is 13.4 Å². The molecular weight excluding hydrogens is 400 g/mol. The summed E-state index contributed by atoms with van der Waals surface area (Å²) in [5.41, 5.74) is 1.75. The van der Waals surface area contributed by atoms with Crippen molar-refractivity contribution in [3.05, 3.63) is 45.6 Å². The number of carbonyl (C=O) groups excluding carboxylic acids is 1. The molecule has 3 rings (SSSR count). The van der Waals surface area contributed by atoms with Gasteiger partial charge in [0.25, 0.3) is 0 Å². The van der Waals surface area contributed by atoms with E-state index in [-0.39, 0.29) is 24.0 Å². The third-order valence-electron chi connectivity index (χ3n) is 3.32.